The summed E-state index contributed by atoms with van der Waals surface area (Å²) in [7, 11) is -3.75. The number of nitrogens with zero attached hydrogens (tertiary/aromatic N) is 3. The van der Waals surface area contributed by atoms with Gasteiger partial charge in [-0.3, -0.25) is 4.90 Å². The van der Waals surface area contributed by atoms with Crippen LogP contribution in [0.25, 0.3) is 0 Å². The van der Waals surface area contributed by atoms with E-state index in [1.165, 1.54) is 6.07 Å². The topological polar surface area (TPSA) is 76.4 Å². The zero-order valence-corrected chi connectivity index (χ0v) is 17.5. The first kappa shape index (κ1) is 21.5. The van der Waals surface area contributed by atoms with Crippen LogP contribution in [0, 0.1) is 17.1 Å². The molecule has 0 aliphatic carbocycles. The van der Waals surface area contributed by atoms with Gasteiger partial charge in [0.1, 0.15) is 11.9 Å². The summed E-state index contributed by atoms with van der Waals surface area (Å²) in [5.41, 5.74) is 1.58. The molecule has 3 rings (SSSR count). The standard InChI is InChI=1S/C20H22ClFN4O2S/c1-15-14-26(20-5-3-2-4-16(20)13-23)11-10-25(15)9-8-24-29(27,28)17-6-7-19(22)18(21)12-17/h2-7,12,15,24H,8-11,14H2,1H3/t15-/m1/s1. The summed E-state index contributed by atoms with van der Waals surface area (Å²) < 4.78 is 40.5. The average molecular weight is 437 g/mol. The molecule has 0 aromatic heterocycles. The lowest BCUT2D eigenvalue weighted by molar-refractivity contribution is 0.193. The first-order valence-electron chi connectivity index (χ1n) is 9.24. The second-order valence-electron chi connectivity index (χ2n) is 6.93. The number of halogens is 2. The van der Waals surface area contributed by atoms with Crippen LogP contribution in [-0.2, 0) is 10.0 Å². The summed E-state index contributed by atoms with van der Waals surface area (Å²) in [6.07, 6.45) is 0. The maximum absolute atomic E-state index is 13.3. The summed E-state index contributed by atoms with van der Waals surface area (Å²) >= 11 is 5.68. The Kier molecular flexibility index (Phi) is 6.75. The van der Waals surface area contributed by atoms with Crippen LogP contribution < -0.4 is 9.62 Å². The van der Waals surface area contributed by atoms with Gasteiger partial charge in [0.15, 0.2) is 0 Å². The van der Waals surface area contributed by atoms with Crippen molar-refractivity contribution in [2.24, 2.45) is 0 Å². The fourth-order valence-corrected chi connectivity index (χ4v) is 4.73. The van der Waals surface area contributed by atoms with Crippen LogP contribution in [-0.4, -0.2) is 52.1 Å². The van der Waals surface area contributed by atoms with Crippen molar-refractivity contribution in [3.05, 3.63) is 58.9 Å². The highest BCUT2D eigenvalue weighted by atomic mass is 35.5. The number of sulfonamides is 1. The third kappa shape index (κ3) is 5.06. The Morgan fingerprint density at radius 3 is 2.72 bits per heavy atom. The predicted molar refractivity (Wildman–Crippen MR) is 111 cm³/mol. The van der Waals surface area contributed by atoms with Crippen molar-refractivity contribution in [1.82, 2.24) is 9.62 Å². The Balaban J connectivity index is 1.56. The molecule has 1 heterocycles. The maximum atomic E-state index is 13.3. The van der Waals surface area contributed by atoms with Crippen molar-refractivity contribution in [3.8, 4) is 6.07 Å². The van der Waals surface area contributed by atoms with E-state index < -0.39 is 15.8 Å². The molecule has 0 amide bonds. The van der Waals surface area contributed by atoms with E-state index in [0.29, 0.717) is 12.1 Å². The number of hydrogen-bond acceptors (Lipinski definition) is 5. The SMILES string of the molecule is C[C@@H]1CN(c2ccccc2C#N)CCN1CCNS(=O)(=O)c1ccc(F)c(Cl)c1. The van der Waals surface area contributed by atoms with Crippen molar-refractivity contribution in [1.29, 1.82) is 5.26 Å². The minimum absolute atomic E-state index is 0.0603. The minimum Gasteiger partial charge on any atom is -0.368 e. The number of benzene rings is 2. The molecule has 154 valence electrons. The number of piperazine rings is 1. The van der Waals surface area contributed by atoms with Crippen LogP contribution in [0.2, 0.25) is 5.02 Å². The van der Waals surface area contributed by atoms with E-state index in [1.54, 1.807) is 0 Å². The Labute approximate surface area is 175 Å². The molecule has 1 fully saturated rings. The molecule has 1 atom stereocenters. The molecular formula is C20H22ClFN4O2S. The van der Waals surface area contributed by atoms with Gasteiger partial charge in [-0.05, 0) is 37.3 Å². The molecule has 2 aromatic carbocycles. The molecule has 9 heteroatoms. The number of rotatable bonds is 6. The number of nitrogens with one attached hydrogen (secondary N) is 1. The van der Waals surface area contributed by atoms with Crippen molar-refractivity contribution in [2.75, 3.05) is 37.6 Å². The van der Waals surface area contributed by atoms with Crippen LogP contribution in [0.5, 0.6) is 0 Å². The molecule has 0 spiro atoms. The third-order valence-electron chi connectivity index (χ3n) is 5.02. The molecule has 0 bridgehead atoms. The molecule has 0 unspecified atom stereocenters. The number of nitriles is 1. The van der Waals surface area contributed by atoms with Crippen molar-refractivity contribution >= 4 is 27.3 Å². The first-order valence-corrected chi connectivity index (χ1v) is 11.1. The smallest absolute Gasteiger partial charge is 0.240 e. The van der Waals surface area contributed by atoms with Gasteiger partial charge in [0, 0.05) is 38.8 Å². The number of para-hydroxylation sites is 1. The van der Waals surface area contributed by atoms with E-state index in [0.717, 1.165) is 37.5 Å². The van der Waals surface area contributed by atoms with Gasteiger partial charge in [0.25, 0.3) is 0 Å². The Bertz CT molecular complexity index is 1030. The predicted octanol–water partition coefficient (Wildman–Crippen LogP) is 2.84. The van der Waals surface area contributed by atoms with Crippen molar-refractivity contribution in [2.45, 2.75) is 17.9 Å². The zero-order chi connectivity index (χ0) is 21.0. The van der Waals surface area contributed by atoms with Gasteiger partial charge in [0.2, 0.25) is 10.0 Å². The van der Waals surface area contributed by atoms with Crippen molar-refractivity contribution in [3.63, 3.8) is 0 Å². The van der Waals surface area contributed by atoms with E-state index in [9.17, 15) is 18.1 Å². The van der Waals surface area contributed by atoms with Gasteiger partial charge in [-0.25, -0.2) is 17.5 Å². The van der Waals surface area contributed by atoms with Crippen LogP contribution in [0.4, 0.5) is 10.1 Å². The lowest BCUT2D eigenvalue weighted by Gasteiger charge is -2.41. The fraction of sp³-hybridized carbons (Fsp3) is 0.350. The van der Waals surface area contributed by atoms with E-state index in [2.05, 4.69) is 27.5 Å². The van der Waals surface area contributed by atoms with Gasteiger partial charge < -0.3 is 4.90 Å². The zero-order valence-electron chi connectivity index (χ0n) is 16.0. The summed E-state index contributed by atoms with van der Waals surface area (Å²) in [4.78, 5) is 4.32. The summed E-state index contributed by atoms with van der Waals surface area (Å²) in [5.74, 6) is -0.657. The molecule has 2 aromatic rings. The monoisotopic (exact) mass is 436 g/mol. The van der Waals surface area contributed by atoms with Gasteiger partial charge in [-0.15, -0.1) is 0 Å². The largest absolute Gasteiger partial charge is 0.368 e. The van der Waals surface area contributed by atoms with Gasteiger partial charge in [-0.2, -0.15) is 5.26 Å². The van der Waals surface area contributed by atoms with E-state index in [1.807, 2.05) is 24.3 Å². The number of hydrogen-bond donors (Lipinski definition) is 1. The van der Waals surface area contributed by atoms with Crippen LogP contribution in [0.15, 0.2) is 47.4 Å². The highest BCUT2D eigenvalue weighted by molar-refractivity contribution is 7.89. The highest BCUT2D eigenvalue weighted by Crippen LogP contribution is 2.23. The van der Waals surface area contributed by atoms with Crippen LogP contribution >= 0.6 is 11.6 Å². The molecule has 1 aliphatic heterocycles. The van der Waals surface area contributed by atoms with E-state index in [-0.39, 0.29) is 22.5 Å². The molecule has 0 saturated carbocycles. The maximum Gasteiger partial charge on any atom is 0.240 e. The molecule has 1 aliphatic rings. The van der Waals surface area contributed by atoms with Crippen LogP contribution in [0.1, 0.15) is 12.5 Å². The normalized spacial score (nSPS) is 17.9. The quantitative estimate of drug-likeness (QED) is 0.753. The average Bonchev–Trinajstić information content (AvgIpc) is 2.71. The van der Waals surface area contributed by atoms with Crippen molar-refractivity contribution < 1.29 is 12.8 Å². The Morgan fingerprint density at radius 2 is 2.03 bits per heavy atom. The lowest BCUT2D eigenvalue weighted by atomic mass is 10.1. The lowest BCUT2D eigenvalue weighted by Crippen LogP contribution is -2.53. The fourth-order valence-electron chi connectivity index (χ4n) is 3.44. The summed E-state index contributed by atoms with van der Waals surface area (Å²) in [6, 6.07) is 13.3. The second kappa shape index (κ2) is 9.09. The summed E-state index contributed by atoms with van der Waals surface area (Å²) in [5, 5.41) is 9.08. The first-order chi connectivity index (χ1) is 13.8. The molecule has 29 heavy (non-hydrogen) atoms. The Hall–Kier alpha value is -2.18. The second-order valence-corrected chi connectivity index (χ2v) is 9.11. The van der Waals surface area contributed by atoms with Gasteiger partial charge in [-0.1, -0.05) is 23.7 Å². The van der Waals surface area contributed by atoms with E-state index >= 15 is 0 Å². The minimum atomic E-state index is -3.75. The van der Waals surface area contributed by atoms with Gasteiger partial charge >= 0.3 is 0 Å². The molecule has 1 saturated heterocycles. The van der Waals surface area contributed by atoms with E-state index in [4.69, 9.17) is 11.6 Å². The van der Waals surface area contributed by atoms with Gasteiger partial charge in [0.05, 0.1) is 21.2 Å². The number of anilines is 1. The Morgan fingerprint density at radius 1 is 1.28 bits per heavy atom. The molecule has 6 nitrogen and oxygen atoms in total. The van der Waals surface area contributed by atoms with Crippen LogP contribution in [0.3, 0.4) is 0 Å². The molecule has 0 radical (unpaired) electrons. The third-order valence-corrected chi connectivity index (χ3v) is 6.77. The summed E-state index contributed by atoms with van der Waals surface area (Å²) in [6.45, 7) is 5.11. The highest BCUT2D eigenvalue weighted by Gasteiger charge is 2.25. The molecular weight excluding hydrogens is 415 g/mol. The molecule has 1 N–H and O–H groups in total.